The Bertz CT molecular complexity index is 395. The first-order valence-corrected chi connectivity index (χ1v) is 6.33. The highest BCUT2D eigenvalue weighted by atomic mass is 16.5. The van der Waals surface area contributed by atoms with Crippen molar-refractivity contribution >= 4 is 0 Å². The molecule has 0 aliphatic carbocycles. The fraction of sp³-hybridized carbons (Fsp3) is 0.571. The lowest BCUT2D eigenvalue weighted by Gasteiger charge is -2.14. The number of aryl methyl sites for hydroxylation is 1. The van der Waals surface area contributed by atoms with Crippen molar-refractivity contribution in [2.24, 2.45) is 0 Å². The van der Waals surface area contributed by atoms with E-state index in [0.717, 1.165) is 29.0 Å². The number of ether oxygens (including phenoxy) is 2. The first-order chi connectivity index (χ1) is 9.12. The van der Waals surface area contributed by atoms with Gasteiger partial charge in [-0.2, -0.15) is 0 Å². The Labute approximate surface area is 114 Å². The first kappa shape index (κ1) is 15.8. The third-order valence-corrected chi connectivity index (χ3v) is 3.00. The number of hydrogen-bond donors (Lipinski definition) is 3. The van der Waals surface area contributed by atoms with Crippen molar-refractivity contribution in [3.05, 3.63) is 23.3 Å². The molecular formula is C14H23NO4. The molecule has 0 aromatic heterocycles. The van der Waals surface area contributed by atoms with Gasteiger partial charge in [0.1, 0.15) is 11.5 Å². The summed E-state index contributed by atoms with van der Waals surface area (Å²) in [5.74, 6) is 1.59. The molecule has 1 aromatic carbocycles. The van der Waals surface area contributed by atoms with Crippen LogP contribution in [0.2, 0.25) is 0 Å². The van der Waals surface area contributed by atoms with E-state index in [-0.39, 0.29) is 6.61 Å². The third kappa shape index (κ3) is 4.70. The van der Waals surface area contributed by atoms with Crippen molar-refractivity contribution in [3.63, 3.8) is 0 Å². The summed E-state index contributed by atoms with van der Waals surface area (Å²) in [6.45, 7) is 2.88. The molecule has 0 heterocycles. The van der Waals surface area contributed by atoms with E-state index in [4.69, 9.17) is 14.6 Å². The minimum Gasteiger partial charge on any atom is -0.497 e. The highest BCUT2D eigenvalue weighted by Crippen LogP contribution is 2.28. The molecule has 0 aliphatic heterocycles. The molecule has 0 saturated heterocycles. The van der Waals surface area contributed by atoms with E-state index >= 15 is 0 Å². The van der Waals surface area contributed by atoms with Crippen molar-refractivity contribution in [3.8, 4) is 11.5 Å². The van der Waals surface area contributed by atoms with Gasteiger partial charge in [0.25, 0.3) is 0 Å². The van der Waals surface area contributed by atoms with Crippen LogP contribution in [0, 0.1) is 6.92 Å². The summed E-state index contributed by atoms with van der Waals surface area (Å²) in [6, 6.07) is 3.84. The van der Waals surface area contributed by atoms with Crippen LogP contribution in [0.3, 0.4) is 0 Å². The van der Waals surface area contributed by atoms with Crippen LogP contribution in [0.1, 0.15) is 11.1 Å². The lowest BCUT2D eigenvalue weighted by Crippen LogP contribution is -2.30. The second-order valence-electron chi connectivity index (χ2n) is 4.42. The summed E-state index contributed by atoms with van der Waals surface area (Å²) in [7, 11) is 3.27. The molecule has 1 unspecified atom stereocenters. The fourth-order valence-electron chi connectivity index (χ4n) is 1.92. The average molecular weight is 269 g/mol. The minimum atomic E-state index is -0.709. The normalized spacial score (nSPS) is 12.3. The molecule has 5 heteroatoms. The Morgan fingerprint density at radius 1 is 1.26 bits per heavy atom. The van der Waals surface area contributed by atoms with Gasteiger partial charge in [0.05, 0.1) is 26.9 Å². The van der Waals surface area contributed by atoms with Crippen LogP contribution < -0.4 is 14.8 Å². The maximum Gasteiger partial charge on any atom is 0.126 e. The van der Waals surface area contributed by atoms with Crippen LogP contribution in [0.15, 0.2) is 12.1 Å². The van der Waals surface area contributed by atoms with Gasteiger partial charge in [-0.3, -0.25) is 0 Å². The standard InChI is InChI=1S/C14H23NO4/c1-10-6-12(18-2)7-14(19-3)13(10)4-5-15-8-11(17)9-16/h6-7,11,15-17H,4-5,8-9H2,1-3H3. The van der Waals surface area contributed by atoms with Crippen LogP contribution in [-0.4, -0.2) is 50.2 Å². The smallest absolute Gasteiger partial charge is 0.126 e. The van der Waals surface area contributed by atoms with Gasteiger partial charge in [-0.15, -0.1) is 0 Å². The molecule has 0 fully saturated rings. The molecule has 19 heavy (non-hydrogen) atoms. The summed E-state index contributed by atoms with van der Waals surface area (Å²) in [6.07, 6.45) is 0.0794. The highest BCUT2D eigenvalue weighted by Gasteiger charge is 2.09. The van der Waals surface area contributed by atoms with Crippen molar-refractivity contribution < 1.29 is 19.7 Å². The molecule has 108 valence electrons. The number of aliphatic hydroxyl groups is 2. The van der Waals surface area contributed by atoms with E-state index in [0.29, 0.717) is 13.1 Å². The number of hydrogen-bond acceptors (Lipinski definition) is 5. The average Bonchev–Trinajstić information content (AvgIpc) is 2.43. The molecule has 3 N–H and O–H groups in total. The monoisotopic (exact) mass is 269 g/mol. The predicted octanol–water partition coefficient (Wildman–Crippen LogP) is 0.498. The minimum absolute atomic E-state index is 0.224. The SMILES string of the molecule is COc1cc(C)c(CCNCC(O)CO)c(OC)c1. The van der Waals surface area contributed by atoms with Crippen LogP contribution in [0.5, 0.6) is 11.5 Å². The molecule has 0 saturated carbocycles. The zero-order valence-corrected chi connectivity index (χ0v) is 11.8. The quantitative estimate of drug-likeness (QED) is 0.599. The third-order valence-electron chi connectivity index (χ3n) is 3.00. The summed E-state index contributed by atoms with van der Waals surface area (Å²) >= 11 is 0. The number of nitrogens with one attached hydrogen (secondary N) is 1. The van der Waals surface area contributed by atoms with Gasteiger partial charge in [0.15, 0.2) is 0 Å². The van der Waals surface area contributed by atoms with Gasteiger partial charge >= 0.3 is 0 Å². The molecule has 1 aromatic rings. The Morgan fingerprint density at radius 2 is 2.00 bits per heavy atom. The van der Waals surface area contributed by atoms with Crippen LogP contribution in [0.4, 0.5) is 0 Å². The van der Waals surface area contributed by atoms with E-state index in [1.165, 1.54) is 0 Å². The van der Waals surface area contributed by atoms with Crippen molar-refractivity contribution in [2.75, 3.05) is 33.9 Å². The summed E-state index contributed by atoms with van der Waals surface area (Å²) in [5.41, 5.74) is 2.23. The van der Waals surface area contributed by atoms with Crippen molar-refractivity contribution in [1.29, 1.82) is 0 Å². The van der Waals surface area contributed by atoms with Crippen LogP contribution in [-0.2, 0) is 6.42 Å². The van der Waals surface area contributed by atoms with Crippen molar-refractivity contribution in [2.45, 2.75) is 19.4 Å². The second-order valence-corrected chi connectivity index (χ2v) is 4.42. The van der Waals surface area contributed by atoms with E-state index in [1.54, 1.807) is 14.2 Å². The molecule has 0 aliphatic rings. The molecular weight excluding hydrogens is 246 g/mol. The Kier molecular flexibility index (Phi) is 6.62. The zero-order valence-electron chi connectivity index (χ0n) is 11.8. The molecule has 1 atom stereocenters. The molecule has 0 spiro atoms. The number of methoxy groups -OCH3 is 2. The Morgan fingerprint density at radius 3 is 2.58 bits per heavy atom. The lowest BCUT2D eigenvalue weighted by atomic mass is 10.0. The second kappa shape index (κ2) is 7.99. The van der Waals surface area contributed by atoms with Crippen LogP contribution in [0.25, 0.3) is 0 Å². The Hall–Kier alpha value is -1.30. The maximum absolute atomic E-state index is 9.23. The number of benzene rings is 1. The van der Waals surface area contributed by atoms with Gasteiger partial charge in [-0.05, 0) is 37.1 Å². The van der Waals surface area contributed by atoms with E-state index in [1.807, 2.05) is 19.1 Å². The number of aliphatic hydroxyl groups excluding tert-OH is 2. The molecule has 1 rings (SSSR count). The fourth-order valence-corrected chi connectivity index (χ4v) is 1.92. The van der Waals surface area contributed by atoms with E-state index in [2.05, 4.69) is 5.32 Å². The summed E-state index contributed by atoms with van der Waals surface area (Å²) < 4.78 is 10.6. The zero-order chi connectivity index (χ0) is 14.3. The molecule has 0 radical (unpaired) electrons. The topological polar surface area (TPSA) is 71.0 Å². The summed E-state index contributed by atoms with van der Waals surface area (Å²) in [5, 5.41) is 21.0. The Balaban J connectivity index is 2.62. The van der Waals surface area contributed by atoms with E-state index < -0.39 is 6.10 Å². The van der Waals surface area contributed by atoms with Gasteiger partial charge in [-0.1, -0.05) is 0 Å². The molecule has 5 nitrogen and oxygen atoms in total. The predicted molar refractivity (Wildman–Crippen MR) is 73.9 cm³/mol. The molecule has 0 amide bonds. The lowest BCUT2D eigenvalue weighted by molar-refractivity contribution is 0.0947. The van der Waals surface area contributed by atoms with E-state index in [9.17, 15) is 5.11 Å². The van der Waals surface area contributed by atoms with Gasteiger partial charge in [0.2, 0.25) is 0 Å². The maximum atomic E-state index is 9.23. The van der Waals surface area contributed by atoms with Gasteiger partial charge in [0, 0.05) is 12.6 Å². The van der Waals surface area contributed by atoms with Gasteiger partial charge in [-0.25, -0.2) is 0 Å². The van der Waals surface area contributed by atoms with Crippen molar-refractivity contribution in [1.82, 2.24) is 5.32 Å². The summed E-state index contributed by atoms with van der Waals surface area (Å²) in [4.78, 5) is 0. The number of rotatable bonds is 8. The highest BCUT2D eigenvalue weighted by molar-refractivity contribution is 5.46. The van der Waals surface area contributed by atoms with Crippen LogP contribution >= 0.6 is 0 Å². The molecule has 0 bridgehead atoms. The largest absolute Gasteiger partial charge is 0.497 e. The first-order valence-electron chi connectivity index (χ1n) is 6.33. The van der Waals surface area contributed by atoms with Gasteiger partial charge < -0.3 is 25.0 Å².